The maximum atomic E-state index is 13.6. The van der Waals surface area contributed by atoms with Crippen LogP contribution < -0.4 is 14.4 Å². The van der Waals surface area contributed by atoms with Gasteiger partial charge in [-0.15, -0.1) is 0 Å². The summed E-state index contributed by atoms with van der Waals surface area (Å²) >= 11 is 0. The Morgan fingerprint density at radius 3 is 2.33 bits per heavy atom. The predicted molar refractivity (Wildman–Crippen MR) is 139 cm³/mol. The van der Waals surface area contributed by atoms with Crippen molar-refractivity contribution in [3.8, 4) is 11.4 Å². The number of carbonyl (C=O) groups excluding carboxylic acids is 1. The van der Waals surface area contributed by atoms with Crippen molar-refractivity contribution in [1.82, 2.24) is 14.9 Å². The number of ether oxygens (including phenoxy) is 1. The molecule has 0 atom stereocenters. The number of sulfonamides is 1. The average Bonchev–Trinajstić information content (AvgIpc) is 3.32. The number of imidazole rings is 1. The van der Waals surface area contributed by atoms with E-state index in [1.165, 1.54) is 19.2 Å². The maximum absolute atomic E-state index is 13.6. The second kappa shape index (κ2) is 10.7. The monoisotopic (exact) mass is 504 g/mol. The quantitative estimate of drug-likeness (QED) is 0.372. The maximum Gasteiger partial charge on any atom is 0.264 e. The van der Waals surface area contributed by atoms with Crippen molar-refractivity contribution in [3.63, 3.8) is 0 Å². The molecule has 0 radical (unpaired) electrons. The molecule has 0 aliphatic rings. The van der Waals surface area contributed by atoms with Crippen LogP contribution in [0, 0.1) is 13.8 Å². The van der Waals surface area contributed by atoms with Gasteiger partial charge in [0.2, 0.25) is 5.91 Å². The Bertz CT molecular complexity index is 1450. The van der Waals surface area contributed by atoms with Gasteiger partial charge < -0.3 is 14.6 Å². The van der Waals surface area contributed by atoms with Crippen LogP contribution >= 0.6 is 0 Å². The molecule has 1 amide bonds. The van der Waals surface area contributed by atoms with Crippen LogP contribution in [0.5, 0.6) is 5.75 Å². The Kier molecular flexibility index (Phi) is 7.40. The smallest absolute Gasteiger partial charge is 0.264 e. The highest BCUT2D eigenvalue weighted by Crippen LogP contribution is 2.25. The highest BCUT2D eigenvalue weighted by molar-refractivity contribution is 7.92. The highest BCUT2D eigenvalue weighted by atomic mass is 32.2. The summed E-state index contributed by atoms with van der Waals surface area (Å²) in [5.41, 5.74) is 3.17. The summed E-state index contributed by atoms with van der Waals surface area (Å²) in [7, 11) is -2.50. The molecule has 0 aliphatic heterocycles. The van der Waals surface area contributed by atoms with Crippen LogP contribution in [0.15, 0.2) is 90.1 Å². The largest absolute Gasteiger partial charge is 0.497 e. The minimum atomic E-state index is -4.01. The normalized spacial score (nSPS) is 11.2. The molecule has 8 nitrogen and oxygen atoms in total. The number of methoxy groups -OCH3 is 1. The van der Waals surface area contributed by atoms with E-state index >= 15 is 0 Å². The lowest BCUT2D eigenvalue weighted by atomic mass is 10.1. The Balaban J connectivity index is 1.58. The van der Waals surface area contributed by atoms with Crippen LogP contribution in [0.1, 0.15) is 17.0 Å². The number of carbonyl (C=O) groups is 1. The van der Waals surface area contributed by atoms with Gasteiger partial charge in [0.1, 0.15) is 18.1 Å². The molecule has 9 heteroatoms. The highest BCUT2D eigenvalue weighted by Gasteiger charge is 2.27. The van der Waals surface area contributed by atoms with Crippen LogP contribution in [0.3, 0.4) is 0 Å². The zero-order chi connectivity index (χ0) is 25.7. The van der Waals surface area contributed by atoms with Gasteiger partial charge in [0.05, 0.1) is 23.4 Å². The van der Waals surface area contributed by atoms with Crippen molar-refractivity contribution in [1.29, 1.82) is 0 Å². The molecule has 0 aliphatic carbocycles. The minimum absolute atomic E-state index is 0.0672. The predicted octanol–water partition coefficient (Wildman–Crippen LogP) is 4.01. The standard InChI is InChI=1S/C27H28N4O4S/c1-20-8-10-23(11-9-20)31(36(33,34)25-14-12-24(35-3)13-15-25)19-27(32)29-18-22-6-4-5-7-26(22)30-17-16-28-21(30)2/h4-17H,18-19H2,1-3H3,(H,29,32). The molecule has 0 spiro atoms. The van der Waals surface area contributed by atoms with Crippen molar-refractivity contribution in [2.45, 2.75) is 25.3 Å². The summed E-state index contributed by atoms with van der Waals surface area (Å²) in [6.07, 6.45) is 3.57. The van der Waals surface area contributed by atoms with Crippen molar-refractivity contribution >= 4 is 21.6 Å². The molecule has 1 N–H and O–H groups in total. The summed E-state index contributed by atoms with van der Waals surface area (Å²) in [6.45, 7) is 3.68. The summed E-state index contributed by atoms with van der Waals surface area (Å²) in [5, 5.41) is 2.88. The van der Waals surface area contributed by atoms with Crippen LogP contribution in [-0.4, -0.2) is 37.5 Å². The Labute approximate surface area is 211 Å². The van der Waals surface area contributed by atoms with Crippen LogP contribution in [0.25, 0.3) is 5.69 Å². The van der Waals surface area contributed by atoms with Crippen LogP contribution in [-0.2, 0) is 21.4 Å². The van der Waals surface area contributed by atoms with E-state index in [0.29, 0.717) is 11.4 Å². The molecule has 4 rings (SSSR count). The molecule has 186 valence electrons. The van der Waals surface area contributed by atoms with Gasteiger partial charge in [-0.3, -0.25) is 9.10 Å². The number of anilines is 1. The Morgan fingerprint density at radius 2 is 1.69 bits per heavy atom. The third-order valence-corrected chi connectivity index (χ3v) is 7.60. The number of rotatable bonds is 9. The zero-order valence-electron chi connectivity index (χ0n) is 20.4. The van der Waals surface area contributed by atoms with Crippen LogP contribution in [0.2, 0.25) is 0 Å². The van der Waals surface area contributed by atoms with Gasteiger partial charge in [-0.05, 0) is 61.9 Å². The molecule has 0 fully saturated rings. The Morgan fingerprint density at radius 1 is 1.00 bits per heavy atom. The number of amides is 1. The van der Waals surface area contributed by atoms with E-state index in [-0.39, 0.29) is 18.0 Å². The fraction of sp³-hybridized carbons (Fsp3) is 0.185. The number of aryl methyl sites for hydroxylation is 2. The van der Waals surface area contributed by atoms with E-state index < -0.39 is 15.9 Å². The van der Waals surface area contributed by atoms with Gasteiger partial charge >= 0.3 is 0 Å². The van der Waals surface area contributed by atoms with Gasteiger partial charge in [0.25, 0.3) is 10.0 Å². The lowest BCUT2D eigenvalue weighted by Crippen LogP contribution is -2.40. The molecule has 36 heavy (non-hydrogen) atoms. The first-order chi connectivity index (χ1) is 17.3. The van der Waals surface area contributed by atoms with Crippen molar-refractivity contribution < 1.29 is 17.9 Å². The second-order valence-corrected chi connectivity index (χ2v) is 10.1. The van der Waals surface area contributed by atoms with E-state index in [2.05, 4.69) is 10.3 Å². The molecular formula is C27H28N4O4S. The van der Waals surface area contributed by atoms with E-state index in [4.69, 9.17) is 4.74 Å². The van der Waals surface area contributed by atoms with Gasteiger partial charge in [0.15, 0.2) is 0 Å². The van der Waals surface area contributed by atoms with Gasteiger partial charge in [0, 0.05) is 18.9 Å². The lowest BCUT2D eigenvalue weighted by Gasteiger charge is -2.24. The number of para-hydroxylation sites is 1. The molecule has 1 heterocycles. The average molecular weight is 505 g/mol. The molecule has 0 saturated heterocycles. The minimum Gasteiger partial charge on any atom is -0.497 e. The van der Waals surface area contributed by atoms with Gasteiger partial charge in [-0.25, -0.2) is 13.4 Å². The molecule has 1 aromatic heterocycles. The third-order valence-electron chi connectivity index (χ3n) is 5.81. The van der Waals surface area contributed by atoms with E-state index in [0.717, 1.165) is 26.9 Å². The van der Waals surface area contributed by atoms with Crippen molar-refractivity contribution in [2.75, 3.05) is 18.0 Å². The molecule has 0 unspecified atom stereocenters. The first-order valence-electron chi connectivity index (χ1n) is 11.4. The van der Waals surface area contributed by atoms with Crippen LogP contribution in [0.4, 0.5) is 5.69 Å². The number of hydrogen-bond acceptors (Lipinski definition) is 5. The number of benzene rings is 3. The second-order valence-electron chi connectivity index (χ2n) is 8.27. The zero-order valence-corrected chi connectivity index (χ0v) is 21.2. The SMILES string of the molecule is COc1ccc(S(=O)(=O)N(CC(=O)NCc2ccccc2-n2ccnc2C)c2ccc(C)cc2)cc1. The molecule has 4 aromatic rings. The molecule has 3 aromatic carbocycles. The summed E-state index contributed by atoms with van der Waals surface area (Å²) in [6, 6.07) is 20.8. The van der Waals surface area contributed by atoms with Crippen molar-refractivity contribution in [2.24, 2.45) is 0 Å². The molecular weight excluding hydrogens is 476 g/mol. The van der Waals surface area contributed by atoms with Gasteiger partial charge in [-0.2, -0.15) is 0 Å². The Hall–Kier alpha value is -4.11. The van der Waals surface area contributed by atoms with E-state index in [9.17, 15) is 13.2 Å². The van der Waals surface area contributed by atoms with E-state index in [1.54, 1.807) is 30.5 Å². The summed E-state index contributed by atoms with van der Waals surface area (Å²) in [4.78, 5) is 17.4. The fourth-order valence-corrected chi connectivity index (χ4v) is 5.23. The topological polar surface area (TPSA) is 93.5 Å². The molecule has 0 saturated carbocycles. The first kappa shape index (κ1) is 25.0. The number of aromatic nitrogens is 2. The number of nitrogens with zero attached hydrogens (tertiary/aromatic N) is 3. The third kappa shape index (κ3) is 5.41. The number of nitrogens with one attached hydrogen (secondary N) is 1. The van der Waals surface area contributed by atoms with Crippen molar-refractivity contribution in [3.05, 3.63) is 102 Å². The van der Waals surface area contributed by atoms with E-state index in [1.807, 2.05) is 61.0 Å². The van der Waals surface area contributed by atoms with Gasteiger partial charge in [-0.1, -0.05) is 35.9 Å². The summed E-state index contributed by atoms with van der Waals surface area (Å²) < 4.78 is 35.3. The lowest BCUT2D eigenvalue weighted by molar-refractivity contribution is -0.119. The number of hydrogen-bond donors (Lipinski definition) is 1. The fourth-order valence-electron chi connectivity index (χ4n) is 3.81. The summed E-state index contributed by atoms with van der Waals surface area (Å²) in [5.74, 6) is 0.940. The molecule has 0 bridgehead atoms. The first-order valence-corrected chi connectivity index (χ1v) is 12.8.